The highest BCUT2D eigenvalue weighted by Gasteiger charge is 2.13. The van der Waals surface area contributed by atoms with Gasteiger partial charge in [-0.05, 0) is 42.5 Å². The fourth-order valence-corrected chi connectivity index (χ4v) is 2.64. The minimum Gasteiger partial charge on any atom is -0.289 e. The maximum absolute atomic E-state index is 12.6. The van der Waals surface area contributed by atoms with Gasteiger partial charge >= 0.3 is 0 Å². The molecule has 3 rings (SSSR count). The van der Waals surface area contributed by atoms with Crippen molar-refractivity contribution in [1.82, 2.24) is 4.98 Å². The highest BCUT2D eigenvalue weighted by Crippen LogP contribution is 2.25. The highest BCUT2D eigenvalue weighted by molar-refractivity contribution is 9.10. The van der Waals surface area contributed by atoms with E-state index in [0.29, 0.717) is 16.1 Å². The third-order valence-corrected chi connectivity index (χ3v) is 3.96. The molecule has 3 aromatic rings. The average molecular weight is 347 g/mol. The van der Waals surface area contributed by atoms with Gasteiger partial charge in [-0.2, -0.15) is 0 Å². The molecule has 0 fully saturated rings. The molecular formula is C16H9BrClNO. The first-order valence-electron chi connectivity index (χ1n) is 6.00. The van der Waals surface area contributed by atoms with Gasteiger partial charge in [0.2, 0.25) is 0 Å². The molecule has 0 amide bonds. The molecule has 1 heterocycles. The molecule has 0 bridgehead atoms. The number of hydrogen-bond donors (Lipinski definition) is 0. The predicted octanol–water partition coefficient (Wildman–Crippen LogP) is 4.88. The zero-order valence-corrected chi connectivity index (χ0v) is 12.6. The normalized spacial score (nSPS) is 10.7. The monoisotopic (exact) mass is 345 g/mol. The molecule has 1 aromatic heterocycles. The number of carbonyl (C=O) groups is 1. The summed E-state index contributed by atoms with van der Waals surface area (Å²) < 4.78 is 0.734. The van der Waals surface area contributed by atoms with Crippen molar-refractivity contribution in [2.75, 3.05) is 0 Å². The Morgan fingerprint density at radius 2 is 1.95 bits per heavy atom. The number of nitrogens with zero attached hydrogens (tertiary/aromatic N) is 1. The van der Waals surface area contributed by atoms with Gasteiger partial charge < -0.3 is 0 Å². The van der Waals surface area contributed by atoms with Crippen LogP contribution in [0.2, 0.25) is 5.02 Å². The molecule has 0 atom stereocenters. The highest BCUT2D eigenvalue weighted by atomic mass is 79.9. The van der Waals surface area contributed by atoms with E-state index in [0.717, 1.165) is 15.4 Å². The topological polar surface area (TPSA) is 30.0 Å². The van der Waals surface area contributed by atoms with Gasteiger partial charge in [-0.25, -0.2) is 0 Å². The molecule has 0 unspecified atom stereocenters. The van der Waals surface area contributed by atoms with Crippen LogP contribution in [0, 0.1) is 0 Å². The summed E-state index contributed by atoms with van der Waals surface area (Å²) in [6.45, 7) is 0. The largest absolute Gasteiger partial charge is 0.289 e. The van der Waals surface area contributed by atoms with Gasteiger partial charge in [0.1, 0.15) is 0 Å². The summed E-state index contributed by atoms with van der Waals surface area (Å²) >= 11 is 9.35. The fourth-order valence-electron chi connectivity index (χ4n) is 2.04. The number of ketones is 1. The number of halogens is 2. The van der Waals surface area contributed by atoms with Gasteiger partial charge in [0.05, 0.1) is 5.52 Å². The van der Waals surface area contributed by atoms with Crippen LogP contribution < -0.4 is 0 Å². The van der Waals surface area contributed by atoms with E-state index in [-0.39, 0.29) is 5.78 Å². The molecule has 0 saturated heterocycles. The maximum atomic E-state index is 12.6. The van der Waals surface area contributed by atoms with E-state index >= 15 is 0 Å². The van der Waals surface area contributed by atoms with Crippen LogP contribution in [-0.4, -0.2) is 10.8 Å². The zero-order chi connectivity index (χ0) is 14.1. The SMILES string of the molecule is O=C(c1ccc2ncccc2c1)c1cc(Cl)ccc1Br. The molecular weight excluding hydrogens is 338 g/mol. The van der Waals surface area contributed by atoms with Crippen LogP contribution in [0.15, 0.2) is 59.2 Å². The maximum Gasteiger partial charge on any atom is 0.194 e. The zero-order valence-electron chi connectivity index (χ0n) is 10.3. The first-order chi connectivity index (χ1) is 9.65. The Hall–Kier alpha value is -1.71. The van der Waals surface area contributed by atoms with Crippen molar-refractivity contribution in [3.63, 3.8) is 0 Å². The molecule has 0 saturated carbocycles. The number of benzene rings is 2. The lowest BCUT2D eigenvalue weighted by molar-refractivity contribution is 0.103. The van der Waals surface area contributed by atoms with Crippen LogP contribution >= 0.6 is 27.5 Å². The van der Waals surface area contributed by atoms with Crippen LogP contribution in [-0.2, 0) is 0 Å². The summed E-state index contributed by atoms with van der Waals surface area (Å²) in [4.78, 5) is 16.8. The Balaban J connectivity index is 2.10. The van der Waals surface area contributed by atoms with Crippen LogP contribution in [0.4, 0.5) is 0 Å². The molecule has 0 N–H and O–H groups in total. The van der Waals surface area contributed by atoms with Gasteiger partial charge in [0.25, 0.3) is 0 Å². The molecule has 0 radical (unpaired) electrons. The minimum atomic E-state index is -0.0647. The molecule has 0 aliphatic carbocycles. The van der Waals surface area contributed by atoms with E-state index in [1.54, 1.807) is 30.5 Å². The lowest BCUT2D eigenvalue weighted by Gasteiger charge is -2.06. The van der Waals surface area contributed by atoms with E-state index in [1.165, 1.54) is 0 Å². The van der Waals surface area contributed by atoms with Gasteiger partial charge in [-0.1, -0.05) is 33.6 Å². The van der Waals surface area contributed by atoms with Crippen molar-refractivity contribution >= 4 is 44.2 Å². The third kappa shape index (κ3) is 2.47. The van der Waals surface area contributed by atoms with Crippen molar-refractivity contribution in [2.45, 2.75) is 0 Å². The first-order valence-corrected chi connectivity index (χ1v) is 7.17. The summed E-state index contributed by atoms with van der Waals surface area (Å²) in [5.74, 6) is -0.0647. The smallest absolute Gasteiger partial charge is 0.194 e. The standard InChI is InChI=1S/C16H9BrClNO/c17-14-5-4-12(18)9-13(14)16(20)11-3-6-15-10(8-11)2-1-7-19-15/h1-9H. The lowest BCUT2D eigenvalue weighted by Crippen LogP contribution is -2.02. The van der Waals surface area contributed by atoms with Gasteiger partial charge in [0.15, 0.2) is 5.78 Å². The molecule has 2 nitrogen and oxygen atoms in total. The summed E-state index contributed by atoms with van der Waals surface area (Å²) in [5, 5.41) is 1.48. The van der Waals surface area contributed by atoms with E-state index in [1.807, 2.05) is 24.3 Å². The Morgan fingerprint density at radius 1 is 1.10 bits per heavy atom. The third-order valence-electron chi connectivity index (χ3n) is 3.04. The van der Waals surface area contributed by atoms with Crippen molar-refractivity contribution in [3.8, 4) is 0 Å². The second kappa shape index (κ2) is 5.35. The molecule has 0 aliphatic rings. The Kier molecular flexibility index (Phi) is 3.55. The quantitative estimate of drug-likeness (QED) is 0.619. The average Bonchev–Trinajstić information content (AvgIpc) is 2.48. The number of carbonyl (C=O) groups excluding carboxylic acids is 1. The van der Waals surface area contributed by atoms with Gasteiger partial charge in [0, 0.05) is 32.2 Å². The number of pyridine rings is 1. The second-order valence-corrected chi connectivity index (χ2v) is 5.65. The van der Waals surface area contributed by atoms with Gasteiger partial charge in [-0.15, -0.1) is 0 Å². The van der Waals surface area contributed by atoms with Crippen LogP contribution in [0.3, 0.4) is 0 Å². The van der Waals surface area contributed by atoms with E-state index in [2.05, 4.69) is 20.9 Å². The van der Waals surface area contributed by atoms with E-state index in [4.69, 9.17) is 11.6 Å². The molecule has 0 spiro atoms. The fraction of sp³-hybridized carbons (Fsp3) is 0. The summed E-state index contributed by atoms with van der Waals surface area (Å²) in [6, 6.07) is 14.5. The Morgan fingerprint density at radius 3 is 2.80 bits per heavy atom. The van der Waals surface area contributed by atoms with E-state index < -0.39 is 0 Å². The summed E-state index contributed by atoms with van der Waals surface area (Å²) in [5.41, 5.74) is 2.04. The second-order valence-electron chi connectivity index (χ2n) is 4.36. The van der Waals surface area contributed by atoms with E-state index in [9.17, 15) is 4.79 Å². The van der Waals surface area contributed by atoms with Crippen molar-refractivity contribution in [1.29, 1.82) is 0 Å². The minimum absolute atomic E-state index is 0.0647. The van der Waals surface area contributed by atoms with Crippen molar-refractivity contribution in [3.05, 3.63) is 75.4 Å². The predicted molar refractivity (Wildman–Crippen MR) is 84.3 cm³/mol. The first kappa shape index (κ1) is 13.3. The number of rotatable bonds is 2. The van der Waals surface area contributed by atoms with Gasteiger partial charge in [-0.3, -0.25) is 9.78 Å². The molecule has 2 aromatic carbocycles. The number of fused-ring (bicyclic) bond motifs is 1. The molecule has 4 heteroatoms. The Labute approximate surface area is 129 Å². The van der Waals surface area contributed by atoms with Crippen molar-refractivity contribution in [2.24, 2.45) is 0 Å². The summed E-state index contributed by atoms with van der Waals surface area (Å²) in [7, 11) is 0. The van der Waals surface area contributed by atoms with Crippen molar-refractivity contribution < 1.29 is 4.79 Å². The van der Waals surface area contributed by atoms with Crippen LogP contribution in [0.1, 0.15) is 15.9 Å². The molecule has 0 aliphatic heterocycles. The molecule has 20 heavy (non-hydrogen) atoms. The van der Waals surface area contributed by atoms with Crippen LogP contribution in [0.25, 0.3) is 10.9 Å². The van der Waals surface area contributed by atoms with Crippen LogP contribution in [0.5, 0.6) is 0 Å². The molecule has 98 valence electrons. The summed E-state index contributed by atoms with van der Waals surface area (Å²) in [6.07, 6.45) is 1.73. The number of hydrogen-bond acceptors (Lipinski definition) is 2. The number of aromatic nitrogens is 1. The lowest BCUT2D eigenvalue weighted by atomic mass is 10.0. The Bertz CT molecular complexity index is 816.